The Kier molecular flexibility index (Phi) is 4.89. The predicted octanol–water partition coefficient (Wildman–Crippen LogP) is 4.16. The molecule has 4 aromatic heterocycles. The van der Waals surface area contributed by atoms with E-state index >= 15 is 0 Å². The molecule has 0 fully saturated rings. The maximum absolute atomic E-state index is 14.7. The molecule has 164 valence electrons. The van der Waals surface area contributed by atoms with E-state index in [1.54, 1.807) is 36.8 Å². The van der Waals surface area contributed by atoms with Crippen LogP contribution in [0.15, 0.2) is 53.3 Å². The van der Waals surface area contributed by atoms with E-state index in [2.05, 4.69) is 30.5 Å². The van der Waals surface area contributed by atoms with Crippen LogP contribution in [0.25, 0.3) is 28.3 Å². The summed E-state index contributed by atoms with van der Waals surface area (Å²) in [6.07, 6.45) is 5.11. The molecule has 0 aliphatic heterocycles. The fourth-order valence-electron chi connectivity index (χ4n) is 3.43. The van der Waals surface area contributed by atoms with Gasteiger partial charge in [-0.25, -0.2) is 19.3 Å². The fraction of sp³-hybridized carbons (Fsp3) is 0.130. The van der Waals surface area contributed by atoms with Gasteiger partial charge in [-0.1, -0.05) is 0 Å². The van der Waals surface area contributed by atoms with Crippen LogP contribution in [0.5, 0.6) is 0 Å². The number of halogens is 1. The van der Waals surface area contributed by atoms with Crippen molar-refractivity contribution in [2.75, 3.05) is 5.32 Å². The second-order valence-electron chi connectivity index (χ2n) is 7.53. The molecule has 0 atom stereocenters. The van der Waals surface area contributed by atoms with Crippen molar-refractivity contribution >= 4 is 17.4 Å². The number of rotatable bonds is 4. The zero-order valence-electron chi connectivity index (χ0n) is 18.0. The summed E-state index contributed by atoms with van der Waals surface area (Å²) >= 11 is 0. The molecule has 5 aromatic rings. The zero-order valence-corrected chi connectivity index (χ0v) is 18.0. The van der Waals surface area contributed by atoms with Crippen molar-refractivity contribution in [1.82, 2.24) is 29.5 Å². The Morgan fingerprint density at radius 1 is 1.03 bits per heavy atom. The lowest BCUT2D eigenvalue weighted by molar-refractivity contribution is 0.0994. The molecule has 0 aliphatic rings. The number of hydrogen-bond acceptors (Lipinski definition) is 7. The number of carbonyl (C=O) groups is 1. The number of hydrogen-bond donors (Lipinski definition) is 1. The van der Waals surface area contributed by atoms with Gasteiger partial charge in [-0.15, -0.1) is 0 Å². The van der Waals surface area contributed by atoms with Gasteiger partial charge >= 0.3 is 0 Å². The Morgan fingerprint density at radius 2 is 1.88 bits per heavy atom. The first-order chi connectivity index (χ1) is 15.9. The van der Waals surface area contributed by atoms with Crippen molar-refractivity contribution in [1.29, 1.82) is 0 Å². The number of benzene rings is 1. The Morgan fingerprint density at radius 3 is 2.61 bits per heavy atom. The van der Waals surface area contributed by atoms with E-state index in [1.807, 2.05) is 19.1 Å². The van der Waals surface area contributed by atoms with Crippen molar-refractivity contribution in [2.45, 2.75) is 20.8 Å². The lowest BCUT2D eigenvalue weighted by Gasteiger charge is -2.06. The third-order valence-corrected chi connectivity index (χ3v) is 5.01. The van der Waals surface area contributed by atoms with Gasteiger partial charge in [-0.05, 0) is 44.2 Å². The number of carbonyl (C=O) groups excluding carboxylic acids is 1. The maximum Gasteiger partial charge on any atom is 0.293 e. The Labute approximate surface area is 187 Å². The highest BCUT2D eigenvalue weighted by Crippen LogP contribution is 2.27. The smallest absolute Gasteiger partial charge is 0.293 e. The average Bonchev–Trinajstić information content (AvgIpc) is 3.37. The van der Waals surface area contributed by atoms with Gasteiger partial charge in [0, 0.05) is 42.3 Å². The van der Waals surface area contributed by atoms with Gasteiger partial charge in [0.25, 0.3) is 5.91 Å². The number of anilines is 1. The van der Waals surface area contributed by atoms with Crippen molar-refractivity contribution < 1.29 is 13.6 Å². The number of fused-ring (bicyclic) bond motifs is 1. The van der Waals surface area contributed by atoms with Crippen LogP contribution in [0.3, 0.4) is 0 Å². The highest BCUT2D eigenvalue weighted by atomic mass is 19.1. The van der Waals surface area contributed by atoms with Crippen LogP contribution in [0.2, 0.25) is 0 Å². The molecule has 0 bridgehead atoms. The molecular weight excluding hydrogens is 425 g/mol. The molecule has 9 nitrogen and oxygen atoms in total. The average molecular weight is 443 g/mol. The minimum Gasteiger partial charge on any atom is -0.436 e. The number of aryl methyl sites for hydroxylation is 3. The summed E-state index contributed by atoms with van der Waals surface area (Å²) < 4.78 is 21.7. The normalized spacial score (nSPS) is 11.2. The molecule has 1 N–H and O–H groups in total. The van der Waals surface area contributed by atoms with Crippen LogP contribution in [0.1, 0.15) is 27.8 Å². The molecule has 0 spiro atoms. The first-order valence-corrected chi connectivity index (χ1v) is 10.1. The van der Waals surface area contributed by atoms with E-state index in [9.17, 15) is 9.18 Å². The van der Waals surface area contributed by atoms with E-state index < -0.39 is 11.7 Å². The first-order valence-electron chi connectivity index (χ1n) is 10.1. The Bertz CT molecular complexity index is 1510. The minimum absolute atomic E-state index is 0.113. The number of imidazole rings is 1. The predicted molar refractivity (Wildman–Crippen MR) is 118 cm³/mol. The third kappa shape index (κ3) is 3.93. The van der Waals surface area contributed by atoms with E-state index in [0.29, 0.717) is 34.4 Å². The van der Waals surface area contributed by atoms with Gasteiger partial charge in [-0.3, -0.25) is 9.20 Å². The lowest BCUT2D eigenvalue weighted by Crippen LogP contribution is -2.12. The summed E-state index contributed by atoms with van der Waals surface area (Å²) in [6.45, 7) is 5.20. The molecule has 1 amide bonds. The monoisotopic (exact) mass is 443 g/mol. The first kappa shape index (κ1) is 20.4. The van der Waals surface area contributed by atoms with Gasteiger partial charge in [0.15, 0.2) is 5.89 Å². The molecule has 4 heterocycles. The van der Waals surface area contributed by atoms with E-state index in [1.165, 1.54) is 18.2 Å². The second kappa shape index (κ2) is 7.90. The van der Waals surface area contributed by atoms with Gasteiger partial charge < -0.3 is 9.73 Å². The largest absolute Gasteiger partial charge is 0.436 e. The van der Waals surface area contributed by atoms with E-state index in [0.717, 1.165) is 11.3 Å². The van der Waals surface area contributed by atoms with Crippen molar-refractivity contribution in [3.05, 3.63) is 77.8 Å². The van der Waals surface area contributed by atoms with Crippen LogP contribution in [0.4, 0.5) is 10.1 Å². The number of nitrogens with one attached hydrogen (secondary N) is 1. The second-order valence-corrected chi connectivity index (χ2v) is 7.53. The summed E-state index contributed by atoms with van der Waals surface area (Å²) in [5.74, 6) is -0.0398. The van der Waals surface area contributed by atoms with Crippen LogP contribution < -0.4 is 5.32 Å². The highest BCUT2D eigenvalue weighted by Gasteiger charge is 2.18. The molecule has 0 unspecified atom stereocenters. The van der Waals surface area contributed by atoms with E-state index in [-0.39, 0.29) is 11.3 Å². The van der Waals surface area contributed by atoms with Crippen molar-refractivity contribution in [3.63, 3.8) is 0 Å². The van der Waals surface area contributed by atoms with Gasteiger partial charge in [0.1, 0.15) is 5.82 Å². The molecule has 33 heavy (non-hydrogen) atoms. The summed E-state index contributed by atoms with van der Waals surface area (Å²) in [5.41, 5.74) is 3.69. The maximum atomic E-state index is 14.7. The summed E-state index contributed by atoms with van der Waals surface area (Å²) in [4.78, 5) is 25.4. The summed E-state index contributed by atoms with van der Waals surface area (Å²) in [7, 11) is 0. The summed E-state index contributed by atoms with van der Waals surface area (Å²) in [5, 5.41) is 10.9. The fourth-order valence-corrected chi connectivity index (χ4v) is 3.43. The Balaban J connectivity index is 1.47. The Hall–Kier alpha value is -4.47. The molecule has 0 saturated carbocycles. The minimum atomic E-state index is -0.479. The molecule has 5 rings (SSSR count). The SMILES string of the molecule is Cc1ccc(-c2cnc3nc(-c4cc(NC(=O)c5oc(C)nc5C)ccc4F)cn3c2)nn1. The topological polar surface area (TPSA) is 111 Å². The van der Waals surface area contributed by atoms with Gasteiger partial charge in [0.05, 0.1) is 22.8 Å². The lowest BCUT2D eigenvalue weighted by atomic mass is 10.1. The molecule has 0 saturated heterocycles. The number of oxazole rings is 1. The van der Waals surface area contributed by atoms with E-state index in [4.69, 9.17) is 4.42 Å². The number of nitrogens with zero attached hydrogens (tertiary/aromatic N) is 6. The third-order valence-electron chi connectivity index (χ3n) is 5.01. The molecule has 0 radical (unpaired) electrons. The quantitative estimate of drug-likeness (QED) is 0.444. The van der Waals surface area contributed by atoms with Crippen LogP contribution in [-0.4, -0.2) is 35.5 Å². The van der Waals surface area contributed by atoms with Crippen molar-refractivity contribution in [2.24, 2.45) is 0 Å². The highest BCUT2D eigenvalue weighted by molar-refractivity contribution is 6.03. The van der Waals surface area contributed by atoms with Crippen LogP contribution >= 0.6 is 0 Å². The molecule has 0 aliphatic carbocycles. The van der Waals surface area contributed by atoms with Crippen LogP contribution in [-0.2, 0) is 0 Å². The zero-order chi connectivity index (χ0) is 23.1. The van der Waals surface area contributed by atoms with Gasteiger partial charge in [0.2, 0.25) is 11.5 Å². The van der Waals surface area contributed by atoms with Gasteiger partial charge in [-0.2, -0.15) is 10.2 Å². The summed E-state index contributed by atoms with van der Waals surface area (Å²) in [6, 6.07) is 7.97. The molecular formula is C23H18FN7O2. The molecule has 10 heteroatoms. The number of amides is 1. The van der Waals surface area contributed by atoms with Crippen LogP contribution in [0, 0.1) is 26.6 Å². The molecule has 1 aromatic carbocycles. The standard InChI is InChI=1S/C23H18FN7O2/c1-12-4-7-19(30-29-12)15-9-25-23-28-20(11-31(23)10-15)17-8-16(5-6-18(17)24)27-22(32)21-13(2)26-14(3)33-21/h4-11H,1-3H3,(H,27,32). The van der Waals surface area contributed by atoms with Crippen molar-refractivity contribution in [3.8, 4) is 22.5 Å². The number of aromatic nitrogens is 6.